The molecule has 1 aromatic heterocycles. The summed E-state index contributed by atoms with van der Waals surface area (Å²) in [4.78, 5) is 11.6. The number of carbonyl (C=O) groups is 1. The first kappa shape index (κ1) is 15.0. The van der Waals surface area contributed by atoms with Gasteiger partial charge in [-0.3, -0.25) is 4.79 Å². The molecule has 0 spiro atoms. The molecule has 0 aliphatic heterocycles. The number of hydrogen-bond donors (Lipinski definition) is 2. The Labute approximate surface area is 117 Å². The van der Waals surface area contributed by atoms with E-state index in [1.54, 1.807) is 30.3 Å². The number of rotatable bonds is 4. The maximum Gasteiger partial charge on any atom is 0.416 e. The first-order valence-electron chi connectivity index (χ1n) is 5.88. The van der Waals surface area contributed by atoms with Gasteiger partial charge in [-0.15, -0.1) is 5.10 Å². The fourth-order valence-corrected chi connectivity index (χ4v) is 1.47. The number of benzene rings is 1. The number of para-hydroxylation sites is 1. The third-order valence-electron chi connectivity index (χ3n) is 2.58. The Morgan fingerprint density at radius 1 is 1.33 bits per heavy atom. The van der Waals surface area contributed by atoms with Crippen molar-refractivity contribution >= 4 is 5.91 Å². The third-order valence-corrected chi connectivity index (χ3v) is 2.58. The zero-order valence-electron chi connectivity index (χ0n) is 10.6. The van der Waals surface area contributed by atoms with Gasteiger partial charge in [0.05, 0.1) is 18.4 Å². The van der Waals surface area contributed by atoms with Gasteiger partial charge in [-0.1, -0.05) is 23.4 Å². The summed E-state index contributed by atoms with van der Waals surface area (Å²) in [6.45, 7) is -0.944. The summed E-state index contributed by atoms with van der Waals surface area (Å²) in [5.41, 5.74) is 0.507. The number of aromatic nitrogens is 3. The number of nitrogens with zero attached hydrogens (tertiary/aromatic N) is 3. The third kappa shape index (κ3) is 3.78. The van der Waals surface area contributed by atoms with Crippen LogP contribution in [0.25, 0.3) is 5.69 Å². The van der Waals surface area contributed by atoms with Crippen molar-refractivity contribution in [2.45, 2.75) is 12.3 Å². The van der Waals surface area contributed by atoms with Crippen molar-refractivity contribution in [1.29, 1.82) is 0 Å². The minimum atomic E-state index is -4.78. The normalized spacial score (nSPS) is 13.0. The van der Waals surface area contributed by atoms with Crippen molar-refractivity contribution in [1.82, 2.24) is 20.3 Å². The molecule has 9 heteroatoms. The summed E-state index contributed by atoms with van der Waals surface area (Å²) in [5, 5.41) is 18.0. The maximum absolute atomic E-state index is 12.1. The quantitative estimate of drug-likeness (QED) is 0.880. The molecule has 21 heavy (non-hydrogen) atoms. The average Bonchev–Trinajstić information content (AvgIpc) is 2.94. The SMILES string of the molecule is O=C(NCC(O)C(F)(F)F)c1cn(-c2ccccc2)nn1. The van der Waals surface area contributed by atoms with Crippen molar-refractivity contribution in [3.8, 4) is 5.69 Å². The smallest absolute Gasteiger partial charge is 0.382 e. The minimum Gasteiger partial charge on any atom is -0.382 e. The van der Waals surface area contributed by atoms with E-state index in [-0.39, 0.29) is 5.69 Å². The van der Waals surface area contributed by atoms with Crippen LogP contribution in [0.4, 0.5) is 13.2 Å². The molecular weight excluding hydrogens is 289 g/mol. The van der Waals surface area contributed by atoms with Crippen LogP contribution in [-0.4, -0.2) is 44.8 Å². The van der Waals surface area contributed by atoms with E-state index in [9.17, 15) is 18.0 Å². The molecule has 0 aliphatic carbocycles. The molecule has 1 atom stereocenters. The number of aliphatic hydroxyl groups excluding tert-OH is 1. The minimum absolute atomic E-state index is 0.145. The van der Waals surface area contributed by atoms with Gasteiger partial charge in [0.2, 0.25) is 0 Å². The fourth-order valence-electron chi connectivity index (χ4n) is 1.47. The Kier molecular flexibility index (Phi) is 4.22. The Morgan fingerprint density at radius 3 is 2.62 bits per heavy atom. The van der Waals surface area contributed by atoms with Crippen molar-refractivity contribution < 1.29 is 23.1 Å². The molecule has 0 saturated heterocycles. The molecule has 0 saturated carbocycles. The lowest BCUT2D eigenvalue weighted by atomic mass is 10.3. The predicted octanol–water partition coefficient (Wildman–Crippen LogP) is 0.920. The predicted molar refractivity (Wildman–Crippen MR) is 65.8 cm³/mol. The van der Waals surface area contributed by atoms with Crippen LogP contribution in [-0.2, 0) is 0 Å². The van der Waals surface area contributed by atoms with Crippen LogP contribution in [0.15, 0.2) is 36.5 Å². The standard InChI is InChI=1S/C12H11F3N4O2/c13-12(14,15)10(20)6-16-11(21)9-7-19(18-17-9)8-4-2-1-3-5-8/h1-5,7,10,20H,6H2,(H,16,21). The number of hydrogen-bond acceptors (Lipinski definition) is 4. The number of halogens is 3. The second-order valence-corrected chi connectivity index (χ2v) is 4.15. The van der Waals surface area contributed by atoms with E-state index in [0.717, 1.165) is 0 Å². The van der Waals surface area contributed by atoms with Crippen LogP contribution in [0.3, 0.4) is 0 Å². The molecule has 2 N–H and O–H groups in total. The van der Waals surface area contributed by atoms with Crippen LogP contribution >= 0.6 is 0 Å². The zero-order chi connectivity index (χ0) is 15.5. The van der Waals surface area contributed by atoms with Gasteiger partial charge in [0, 0.05) is 0 Å². The molecular formula is C12H11F3N4O2. The number of alkyl halides is 3. The van der Waals surface area contributed by atoms with Crippen molar-refractivity contribution in [2.24, 2.45) is 0 Å². The summed E-state index contributed by atoms with van der Waals surface area (Å²) >= 11 is 0. The summed E-state index contributed by atoms with van der Waals surface area (Å²) in [7, 11) is 0. The Morgan fingerprint density at radius 2 is 2.00 bits per heavy atom. The lowest BCUT2D eigenvalue weighted by Crippen LogP contribution is -2.40. The van der Waals surface area contributed by atoms with E-state index in [0.29, 0.717) is 5.69 Å². The number of carbonyl (C=O) groups excluding carboxylic acids is 1. The van der Waals surface area contributed by atoms with Crippen molar-refractivity contribution in [2.75, 3.05) is 6.54 Å². The molecule has 0 bridgehead atoms. The summed E-state index contributed by atoms with van der Waals surface area (Å²) < 4.78 is 37.6. The lowest BCUT2D eigenvalue weighted by molar-refractivity contribution is -0.201. The maximum atomic E-state index is 12.1. The molecule has 6 nitrogen and oxygen atoms in total. The van der Waals surface area contributed by atoms with E-state index in [4.69, 9.17) is 5.11 Å². The molecule has 112 valence electrons. The van der Waals surface area contributed by atoms with Gasteiger partial charge >= 0.3 is 6.18 Å². The average molecular weight is 300 g/mol. The fraction of sp³-hybridized carbons (Fsp3) is 0.250. The highest BCUT2D eigenvalue weighted by Crippen LogP contribution is 2.19. The van der Waals surface area contributed by atoms with E-state index in [1.165, 1.54) is 10.9 Å². The van der Waals surface area contributed by atoms with E-state index < -0.39 is 24.7 Å². The highest BCUT2D eigenvalue weighted by Gasteiger charge is 2.38. The second-order valence-electron chi connectivity index (χ2n) is 4.15. The van der Waals surface area contributed by atoms with E-state index >= 15 is 0 Å². The van der Waals surface area contributed by atoms with Gasteiger partial charge in [0.1, 0.15) is 0 Å². The molecule has 1 heterocycles. The molecule has 1 unspecified atom stereocenters. The monoisotopic (exact) mass is 300 g/mol. The van der Waals surface area contributed by atoms with Crippen LogP contribution < -0.4 is 5.32 Å². The van der Waals surface area contributed by atoms with Crippen LogP contribution in [0.1, 0.15) is 10.5 Å². The molecule has 0 aliphatic rings. The van der Waals surface area contributed by atoms with Gasteiger partial charge in [0.15, 0.2) is 11.8 Å². The first-order chi connectivity index (χ1) is 9.88. The van der Waals surface area contributed by atoms with Gasteiger partial charge in [0.25, 0.3) is 5.91 Å². The largest absolute Gasteiger partial charge is 0.416 e. The van der Waals surface area contributed by atoms with E-state index in [1.807, 2.05) is 5.32 Å². The number of nitrogens with one attached hydrogen (secondary N) is 1. The van der Waals surface area contributed by atoms with Crippen LogP contribution in [0, 0.1) is 0 Å². The molecule has 0 radical (unpaired) electrons. The molecule has 1 aromatic carbocycles. The summed E-state index contributed by atoms with van der Waals surface area (Å²) in [6, 6.07) is 8.77. The Hall–Kier alpha value is -2.42. The lowest BCUT2D eigenvalue weighted by Gasteiger charge is -2.14. The number of aliphatic hydroxyl groups is 1. The van der Waals surface area contributed by atoms with Gasteiger partial charge in [-0.25, -0.2) is 4.68 Å². The topological polar surface area (TPSA) is 80.0 Å². The van der Waals surface area contributed by atoms with Gasteiger partial charge < -0.3 is 10.4 Å². The molecule has 2 rings (SSSR count). The second kappa shape index (κ2) is 5.92. The van der Waals surface area contributed by atoms with Gasteiger partial charge in [-0.2, -0.15) is 13.2 Å². The number of amides is 1. The summed E-state index contributed by atoms with van der Waals surface area (Å²) in [5.74, 6) is -0.847. The molecule has 1 amide bonds. The molecule has 2 aromatic rings. The Bertz CT molecular complexity index is 612. The van der Waals surface area contributed by atoms with E-state index in [2.05, 4.69) is 10.3 Å². The van der Waals surface area contributed by atoms with Crippen molar-refractivity contribution in [3.05, 3.63) is 42.2 Å². The van der Waals surface area contributed by atoms with Crippen LogP contribution in [0.5, 0.6) is 0 Å². The summed E-state index contributed by atoms with van der Waals surface area (Å²) in [6.07, 6.45) is -6.12. The Balaban J connectivity index is 2.00. The highest BCUT2D eigenvalue weighted by atomic mass is 19.4. The zero-order valence-corrected chi connectivity index (χ0v) is 10.6. The molecule has 0 fully saturated rings. The highest BCUT2D eigenvalue weighted by molar-refractivity contribution is 5.91. The van der Waals surface area contributed by atoms with Crippen LogP contribution in [0.2, 0.25) is 0 Å². The first-order valence-corrected chi connectivity index (χ1v) is 5.88. The van der Waals surface area contributed by atoms with Crippen molar-refractivity contribution in [3.63, 3.8) is 0 Å². The van der Waals surface area contributed by atoms with Gasteiger partial charge in [-0.05, 0) is 12.1 Å².